The van der Waals surface area contributed by atoms with Gasteiger partial charge in [0.1, 0.15) is 11.4 Å². The molecule has 1 saturated heterocycles. The predicted molar refractivity (Wildman–Crippen MR) is 90.7 cm³/mol. The number of carbonyl (C=O) groups is 3. The minimum Gasteiger partial charge on any atom is -0.348 e. The smallest absolute Gasteiger partial charge is 0.322 e. The average Bonchev–Trinajstić information content (AvgIpc) is 3.23. The molecule has 0 radical (unpaired) electrons. The largest absolute Gasteiger partial charge is 0.348 e. The molecule has 4 rings (SSSR count). The van der Waals surface area contributed by atoms with Gasteiger partial charge >= 0.3 is 6.03 Å². The third kappa shape index (κ3) is 3.41. The van der Waals surface area contributed by atoms with Crippen LogP contribution in [0.25, 0.3) is 5.69 Å². The molecular weight excluding hydrogens is 393 g/mol. The number of hydrogen-bond acceptors (Lipinski definition) is 5. The lowest BCUT2D eigenvalue weighted by atomic mass is 9.68. The molecule has 12 heteroatoms. The van der Waals surface area contributed by atoms with Crippen molar-refractivity contribution >= 4 is 17.8 Å². The molecule has 29 heavy (non-hydrogen) atoms. The summed E-state index contributed by atoms with van der Waals surface area (Å²) in [5, 5.41) is 14.7. The van der Waals surface area contributed by atoms with E-state index < -0.39 is 53.9 Å². The van der Waals surface area contributed by atoms with Crippen molar-refractivity contribution in [2.24, 2.45) is 5.92 Å². The first-order chi connectivity index (χ1) is 13.7. The molecule has 4 amide bonds. The maximum Gasteiger partial charge on any atom is 0.322 e. The van der Waals surface area contributed by atoms with E-state index in [1.165, 1.54) is 24.3 Å². The number of benzene rings is 1. The Kier molecular flexibility index (Phi) is 4.28. The lowest BCUT2D eigenvalue weighted by Gasteiger charge is -2.44. The van der Waals surface area contributed by atoms with Gasteiger partial charge < -0.3 is 10.6 Å². The van der Waals surface area contributed by atoms with Crippen molar-refractivity contribution in [3.63, 3.8) is 0 Å². The summed E-state index contributed by atoms with van der Waals surface area (Å²) in [6, 6.07) is 4.44. The fourth-order valence-corrected chi connectivity index (χ4v) is 3.45. The van der Waals surface area contributed by atoms with Crippen molar-refractivity contribution in [3.05, 3.63) is 42.0 Å². The van der Waals surface area contributed by atoms with E-state index in [1.54, 1.807) is 0 Å². The molecule has 152 valence electrons. The maximum absolute atomic E-state index is 13.3. The van der Waals surface area contributed by atoms with Gasteiger partial charge in [0.15, 0.2) is 5.69 Å². The standard InChI is InChI=1S/C17H15F3N6O3/c18-10-1-3-11(4-2-10)26-22-7-12(25-26)13(27)21-8-17(9-5-16(19,20)6-9)14(28)23-15(29)24-17/h1-4,7,9H,5-6,8H2,(H,21,27)(H2,23,24,28,29)/t17-/m0/s1. The Morgan fingerprint density at radius 2 is 1.93 bits per heavy atom. The Morgan fingerprint density at radius 3 is 2.52 bits per heavy atom. The van der Waals surface area contributed by atoms with E-state index in [2.05, 4.69) is 20.8 Å². The van der Waals surface area contributed by atoms with Gasteiger partial charge in [0, 0.05) is 18.8 Å². The summed E-state index contributed by atoms with van der Waals surface area (Å²) in [6.07, 6.45) is 0.0187. The van der Waals surface area contributed by atoms with Crippen molar-refractivity contribution in [2.45, 2.75) is 24.3 Å². The fourth-order valence-electron chi connectivity index (χ4n) is 3.45. The molecule has 2 heterocycles. The second-order valence-corrected chi connectivity index (χ2v) is 7.02. The van der Waals surface area contributed by atoms with Crippen LogP contribution in [0.3, 0.4) is 0 Å². The number of amides is 4. The number of carbonyl (C=O) groups excluding carboxylic acids is 3. The first kappa shape index (κ1) is 18.9. The van der Waals surface area contributed by atoms with Crippen LogP contribution < -0.4 is 16.0 Å². The van der Waals surface area contributed by atoms with Crippen molar-refractivity contribution < 1.29 is 27.6 Å². The van der Waals surface area contributed by atoms with Crippen molar-refractivity contribution in [3.8, 4) is 5.69 Å². The molecule has 9 nitrogen and oxygen atoms in total. The second kappa shape index (κ2) is 6.57. The number of aromatic nitrogens is 3. The minimum atomic E-state index is -2.91. The monoisotopic (exact) mass is 408 g/mol. The summed E-state index contributed by atoms with van der Waals surface area (Å²) in [4.78, 5) is 37.4. The number of imide groups is 1. The zero-order valence-electron chi connectivity index (χ0n) is 14.8. The van der Waals surface area contributed by atoms with Crippen LogP contribution in [0.15, 0.2) is 30.5 Å². The zero-order chi connectivity index (χ0) is 20.8. The molecular formula is C17H15F3N6O3. The van der Waals surface area contributed by atoms with Crippen LogP contribution >= 0.6 is 0 Å². The van der Waals surface area contributed by atoms with E-state index in [1.807, 2.05) is 5.32 Å². The predicted octanol–water partition coefficient (Wildman–Crippen LogP) is 0.760. The molecule has 0 bridgehead atoms. The van der Waals surface area contributed by atoms with Crippen LogP contribution in [0.5, 0.6) is 0 Å². The van der Waals surface area contributed by atoms with E-state index in [9.17, 15) is 27.6 Å². The number of hydrogen-bond donors (Lipinski definition) is 3. The molecule has 2 aliphatic rings. The van der Waals surface area contributed by atoms with Gasteiger partial charge in [-0.15, -0.1) is 5.10 Å². The van der Waals surface area contributed by atoms with Crippen LogP contribution in [-0.4, -0.2) is 50.8 Å². The van der Waals surface area contributed by atoms with Gasteiger partial charge in [0.05, 0.1) is 18.4 Å². The number of nitrogens with one attached hydrogen (secondary N) is 3. The van der Waals surface area contributed by atoms with Gasteiger partial charge in [-0.05, 0) is 24.3 Å². The lowest BCUT2D eigenvalue weighted by molar-refractivity contribution is -0.148. The molecule has 1 atom stereocenters. The topological polar surface area (TPSA) is 118 Å². The Hall–Kier alpha value is -3.44. The Labute approximate surface area is 161 Å². The molecule has 0 unspecified atom stereocenters. The first-order valence-corrected chi connectivity index (χ1v) is 8.66. The lowest BCUT2D eigenvalue weighted by Crippen LogP contribution is -2.64. The number of alkyl halides is 2. The highest BCUT2D eigenvalue weighted by atomic mass is 19.3. The molecule has 1 saturated carbocycles. The quantitative estimate of drug-likeness (QED) is 0.632. The number of nitrogens with zero attached hydrogens (tertiary/aromatic N) is 3. The Morgan fingerprint density at radius 1 is 1.24 bits per heavy atom. The zero-order valence-corrected chi connectivity index (χ0v) is 14.8. The molecule has 2 fully saturated rings. The van der Waals surface area contributed by atoms with Gasteiger partial charge in [0.25, 0.3) is 11.8 Å². The summed E-state index contributed by atoms with van der Waals surface area (Å²) in [7, 11) is 0. The van der Waals surface area contributed by atoms with Crippen LogP contribution in [0.1, 0.15) is 23.3 Å². The van der Waals surface area contributed by atoms with Gasteiger partial charge in [0.2, 0.25) is 5.92 Å². The average molecular weight is 408 g/mol. The highest BCUT2D eigenvalue weighted by molar-refractivity contribution is 6.08. The number of halogens is 3. The van der Waals surface area contributed by atoms with Crippen molar-refractivity contribution in [2.75, 3.05) is 6.54 Å². The molecule has 1 aromatic carbocycles. The van der Waals surface area contributed by atoms with Crippen molar-refractivity contribution in [1.82, 2.24) is 30.9 Å². The van der Waals surface area contributed by atoms with Crippen LogP contribution in [-0.2, 0) is 4.79 Å². The normalized spacial score (nSPS) is 23.3. The van der Waals surface area contributed by atoms with E-state index >= 15 is 0 Å². The number of urea groups is 1. The van der Waals surface area contributed by atoms with E-state index in [0.29, 0.717) is 5.69 Å². The third-order valence-electron chi connectivity index (χ3n) is 5.07. The van der Waals surface area contributed by atoms with Gasteiger partial charge in [-0.2, -0.15) is 9.90 Å². The van der Waals surface area contributed by atoms with Crippen LogP contribution in [0.4, 0.5) is 18.0 Å². The van der Waals surface area contributed by atoms with E-state index in [0.717, 1.165) is 11.0 Å². The maximum atomic E-state index is 13.3. The van der Waals surface area contributed by atoms with Crippen LogP contribution in [0.2, 0.25) is 0 Å². The summed E-state index contributed by atoms with van der Waals surface area (Å²) in [5.74, 6) is -5.65. The highest BCUT2D eigenvalue weighted by Gasteiger charge is 2.61. The van der Waals surface area contributed by atoms with Crippen LogP contribution in [0, 0.1) is 11.7 Å². The molecule has 1 aromatic heterocycles. The molecule has 3 N–H and O–H groups in total. The summed E-state index contributed by atoms with van der Waals surface area (Å²) in [5.41, 5.74) is -1.34. The second-order valence-electron chi connectivity index (χ2n) is 7.02. The molecule has 0 spiro atoms. The van der Waals surface area contributed by atoms with Gasteiger partial charge in [-0.1, -0.05) is 0 Å². The molecule has 2 aromatic rings. The summed E-state index contributed by atoms with van der Waals surface area (Å²) in [6.45, 7) is -0.381. The first-order valence-electron chi connectivity index (χ1n) is 8.66. The Bertz CT molecular complexity index is 985. The summed E-state index contributed by atoms with van der Waals surface area (Å²) < 4.78 is 39.6. The molecule has 1 aliphatic carbocycles. The SMILES string of the molecule is O=C1NC(=O)[C@](CNC(=O)c2cnn(-c3ccc(F)cc3)n2)(C2CC(F)(F)C2)N1. The Balaban J connectivity index is 1.47. The van der Waals surface area contributed by atoms with Gasteiger partial charge in [-0.3, -0.25) is 14.9 Å². The highest BCUT2D eigenvalue weighted by Crippen LogP contribution is 2.48. The fraction of sp³-hybridized carbons (Fsp3) is 0.353. The van der Waals surface area contributed by atoms with Gasteiger partial charge in [-0.25, -0.2) is 18.0 Å². The third-order valence-corrected chi connectivity index (χ3v) is 5.07. The van der Waals surface area contributed by atoms with Crippen molar-refractivity contribution in [1.29, 1.82) is 0 Å². The van der Waals surface area contributed by atoms with E-state index in [-0.39, 0.29) is 12.2 Å². The number of rotatable bonds is 5. The minimum absolute atomic E-state index is 0.104. The summed E-state index contributed by atoms with van der Waals surface area (Å²) >= 11 is 0. The van der Waals surface area contributed by atoms with E-state index in [4.69, 9.17) is 0 Å². The molecule has 1 aliphatic heterocycles.